The van der Waals surface area contributed by atoms with Crippen LogP contribution in [-0.4, -0.2) is 5.91 Å². The van der Waals surface area contributed by atoms with E-state index in [2.05, 4.69) is 37.2 Å². The lowest BCUT2D eigenvalue weighted by molar-refractivity contribution is 0.102. The maximum absolute atomic E-state index is 13.6. The van der Waals surface area contributed by atoms with Crippen molar-refractivity contribution >= 4 is 60.7 Å². The highest BCUT2D eigenvalue weighted by Crippen LogP contribution is 2.33. The van der Waals surface area contributed by atoms with Crippen LogP contribution in [0.25, 0.3) is 0 Å². The number of amides is 1. The second-order valence-corrected chi connectivity index (χ2v) is 6.08. The Kier molecular flexibility index (Phi) is 4.67. The fourth-order valence-electron chi connectivity index (χ4n) is 1.56. The highest BCUT2D eigenvalue weighted by molar-refractivity contribution is 9.11. The summed E-state index contributed by atoms with van der Waals surface area (Å²) in [5.74, 6) is -1.24. The van der Waals surface area contributed by atoms with Crippen LogP contribution in [-0.2, 0) is 0 Å². The van der Waals surface area contributed by atoms with Crippen LogP contribution in [0.3, 0.4) is 0 Å². The van der Waals surface area contributed by atoms with Crippen molar-refractivity contribution in [2.45, 2.75) is 0 Å². The molecule has 2 aromatic carbocycles. The number of nitrogen functional groups attached to an aromatic ring is 1. The van der Waals surface area contributed by atoms with Gasteiger partial charge in [-0.1, -0.05) is 11.6 Å². The van der Waals surface area contributed by atoms with Gasteiger partial charge in [0.05, 0.1) is 11.3 Å². The fourth-order valence-corrected chi connectivity index (χ4v) is 3.16. The summed E-state index contributed by atoms with van der Waals surface area (Å²) in [5, 5.41) is 2.89. The van der Waals surface area contributed by atoms with E-state index in [4.69, 9.17) is 17.3 Å². The lowest BCUT2D eigenvalue weighted by atomic mass is 10.2. The molecule has 0 bridgehead atoms. The third-order valence-corrected chi connectivity index (χ3v) is 3.96. The van der Waals surface area contributed by atoms with Gasteiger partial charge < -0.3 is 11.1 Å². The first-order valence-electron chi connectivity index (χ1n) is 5.39. The molecule has 0 aliphatic rings. The monoisotopic (exact) mass is 420 g/mol. The summed E-state index contributed by atoms with van der Waals surface area (Å²) < 4.78 is 14.8. The number of halogens is 4. The third kappa shape index (κ3) is 3.31. The fraction of sp³-hybridized carbons (Fsp3) is 0. The first kappa shape index (κ1) is 15.3. The smallest absolute Gasteiger partial charge is 0.258 e. The van der Waals surface area contributed by atoms with Crippen LogP contribution >= 0.6 is 43.5 Å². The van der Waals surface area contributed by atoms with Crippen molar-refractivity contribution < 1.29 is 9.18 Å². The largest absolute Gasteiger partial charge is 0.399 e. The molecule has 0 spiro atoms. The lowest BCUT2D eigenvalue weighted by Gasteiger charge is -2.11. The molecule has 0 heterocycles. The molecular formula is C13H8Br2ClFN2O. The van der Waals surface area contributed by atoms with E-state index < -0.39 is 11.7 Å². The summed E-state index contributed by atoms with van der Waals surface area (Å²) in [7, 11) is 0. The van der Waals surface area contributed by atoms with Gasteiger partial charge in [0.25, 0.3) is 5.91 Å². The molecule has 0 aromatic heterocycles. The van der Waals surface area contributed by atoms with Crippen LogP contribution in [0, 0.1) is 5.82 Å². The van der Waals surface area contributed by atoms with E-state index >= 15 is 0 Å². The summed E-state index contributed by atoms with van der Waals surface area (Å²) in [6, 6.07) is 7.06. The predicted molar refractivity (Wildman–Crippen MR) is 85.6 cm³/mol. The summed E-state index contributed by atoms with van der Waals surface area (Å²) in [6.45, 7) is 0. The van der Waals surface area contributed by atoms with E-state index in [1.807, 2.05) is 0 Å². The summed E-state index contributed by atoms with van der Waals surface area (Å²) in [4.78, 5) is 12.1. The van der Waals surface area contributed by atoms with E-state index in [1.165, 1.54) is 12.1 Å². The molecule has 1 amide bonds. The number of nitrogens with one attached hydrogen (secondary N) is 1. The molecule has 0 fully saturated rings. The van der Waals surface area contributed by atoms with Gasteiger partial charge in [0.1, 0.15) is 5.82 Å². The van der Waals surface area contributed by atoms with Crippen LogP contribution < -0.4 is 11.1 Å². The predicted octanol–water partition coefficient (Wildman–Crippen LogP) is 4.84. The van der Waals surface area contributed by atoms with Gasteiger partial charge in [-0.05, 0) is 62.2 Å². The van der Waals surface area contributed by atoms with Crippen LogP contribution in [0.5, 0.6) is 0 Å². The average molecular weight is 422 g/mol. The molecule has 0 aliphatic carbocycles. The Morgan fingerprint density at radius 3 is 2.40 bits per heavy atom. The summed E-state index contributed by atoms with van der Waals surface area (Å²) in [6.07, 6.45) is 0. The highest BCUT2D eigenvalue weighted by Gasteiger charge is 2.15. The van der Waals surface area contributed by atoms with Gasteiger partial charge >= 0.3 is 0 Å². The van der Waals surface area contributed by atoms with E-state index in [1.54, 1.807) is 12.1 Å². The molecule has 0 aliphatic heterocycles. The Balaban J connectivity index is 2.35. The molecule has 3 N–H and O–H groups in total. The molecule has 0 unspecified atom stereocenters. The Morgan fingerprint density at radius 2 is 1.80 bits per heavy atom. The van der Waals surface area contributed by atoms with Gasteiger partial charge in [-0.2, -0.15) is 0 Å². The van der Waals surface area contributed by atoms with Gasteiger partial charge in [0, 0.05) is 19.7 Å². The zero-order chi connectivity index (χ0) is 14.9. The minimum absolute atomic E-state index is 0.131. The van der Waals surface area contributed by atoms with Gasteiger partial charge in [0.15, 0.2) is 0 Å². The third-order valence-electron chi connectivity index (χ3n) is 2.48. The maximum Gasteiger partial charge on any atom is 0.258 e. The first-order chi connectivity index (χ1) is 9.38. The number of hydrogen-bond acceptors (Lipinski definition) is 2. The average Bonchev–Trinajstić information content (AvgIpc) is 2.36. The zero-order valence-electron chi connectivity index (χ0n) is 9.88. The van der Waals surface area contributed by atoms with E-state index in [9.17, 15) is 9.18 Å². The molecule has 0 saturated carbocycles. The van der Waals surface area contributed by atoms with Crippen molar-refractivity contribution in [1.82, 2.24) is 0 Å². The van der Waals surface area contributed by atoms with E-state index in [0.29, 0.717) is 20.3 Å². The number of hydrogen-bond donors (Lipinski definition) is 2. The molecule has 2 rings (SSSR count). The number of rotatable bonds is 2. The highest BCUT2D eigenvalue weighted by atomic mass is 79.9. The van der Waals surface area contributed by atoms with Crippen molar-refractivity contribution in [3.63, 3.8) is 0 Å². The number of carbonyl (C=O) groups is 1. The molecule has 7 heteroatoms. The maximum atomic E-state index is 13.6. The Bertz CT molecular complexity index is 671. The van der Waals surface area contributed by atoms with Crippen LogP contribution in [0.4, 0.5) is 15.8 Å². The Hall–Kier alpha value is -1.11. The van der Waals surface area contributed by atoms with Crippen LogP contribution in [0.15, 0.2) is 39.3 Å². The standard InChI is InChI=1S/C13H8Br2ClFN2O/c14-9-4-7(18)5-10(15)12(9)19-13(20)8-3-6(16)1-2-11(8)17/h1-5H,18H2,(H,19,20). The minimum atomic E-state index is -0.644. The summed E-state index contributed by atoms with van der Waals surface area (Å²) in [5.41, 5.74) is 6.52. The van der Waals surface area contributed by atoms with Gasteiger partial charge in [-0.3, -0.25) is 4.79 Å². The SMILES string of the molecule is Nc1cc(Br)c(NC(=O)c2cc(Cl)ccc2F)c(Br)c1. The molecule has 3 nitrogen and oxygen atoms in total. The van der Waals surface area contributed by atoms with Crippen molar-refractivity contribution in [2.24, 2.45) is 0 Å². The second kappa shape index (κ2) is 6.11. The molecule has 104 valence electrons. The Labute approximate surface area is 136 Å². The number of carbonyl (C=O) groups excluding carboxylic acids is 1. The van der Waals surface area contributed by atoms with Gasteiger partial charge in [-0.15, -0.1) is 0 Å². The second-order valence-electron chi connectivity index (χ2n) is 3.94. The van der Waals surface area contributed by atoms with E-state index in [0.717, 1.165) is 6.07 Å². The normalized spacial score (nSPS) is 10.4. The van der Waals surface area contributed by atoms with Crippen molar-refractivity contribution in [1.29, 1.82) is 0 Å². The number of nitrogens with two attached hydrogens (primary N) is 1. The summed E-state index contributed by atoms with van der Waals surface area (Å²) >= 11 is 12.3. The first-order valence-corrected chi connectivity index (χ1v) is 7.36. The molecule has 20 heavy (non-hydrogen) atoms. The number of benzene rings is 2. The van der Waals surface area contributed by atoms with Crippen molar-refractivity contribution in [3.05, 3.63) is 55.7 Å². The quantitative estimate of drug-likeness (QED) is 0.681. The van der Waals surface area contributed by atoms with Gasteiger partial charge in [-0.25, -0.2) is 4.39 Å². The zero-order valence-corrected chi connectivity index (χ0v) is 13.8. The lowest BCUT2D eigenvalue weighted by Crippen LogP contribution is -2.14. The molecular weight excluding hydrogens is 414 g/mol. The number of anilines is 2. The van der Waals surface area contributed by atoms with Gasteiger partial charge in [0.2, 0.25) is 0 Å². The minimum Gasteiger partial charge on any atom is -0.399 e. The molecule has 0 saturated heterocycles. The van der Waals surface area contributed by atoms with Crippen LogP contribution in [0.1, 0.15) is 10.4 Å². The molecule has 2 aromatic rings. The molecule has 0 atom stereocenters. The van der Waals surface area contributed by atoms with E-state index in [-0.39, 0.29) is 10.6 Å². The molecule has 0 radical (unpaired) electrons. The van der Waals surface area contributed by atoms with Crippen molar-refractivity contribution in [3.8, 4) is 0 Å². The Morgan fingerprint density at radius 1 is 1.20 bits per heavy atom. The topological polar surface area (TPSA) is 55.1 Å². The van der Waals surface area contributed by atoms with Crippen molar-refractivity contribution in [2.75, 3.05) is 11.1 Å². The van der Waals surface area contributed by atoms with Crippen LogP contribution in [0.2, 0.25) is 5.02 Å².